The third kappa shape index (κ3) is 4.73. The topological polar surface area (TPSA) is 75.7 Å². The normalized spacial score (nSPS) is 23.8. The molecule has 0 saturated carbocycles. The summed E-state index contributed by atoms with van der Waals surface area (Å²) in [4.78, 5) is 14.6. The quantitative estimate of drug-likeness (QED) is 0.851. The number of carbonyl (C=O) groups is 1. The second kappa shape index (κ2) is 7.74. The van der Waals surface area contributed by atoms with E-state index in [4.69, 9.17) is 4.74 Å². The number of sulfone groups is 1. The molecule has 0 aliphatic carbocycles. The number of nitrogens with zero attached hydrogens (tertiary/aromatic N) is 1. The van der Waals surface area contributed by atoms with E-state index < -0.39 is 9.84 Å². The highest BCUT2D eigenvalue weighted by atomic mass is 32.2. The van der Waals surface area contributed by atoms with Crippen LogP contribution in [0.15, 0.2) is 29.2 Å². The Labute approximate surface area is 149 Å². The summed E-state index contributed by atoms with van der Waals surface area (Å²) in [5.74, 6) is 2.14. The van der Waals surface area contributed by atoms with E-state index in [0.717, 1.165) is 39.0 Å². The van der Waals surface area contributed by atoms with Crippen LogP contribution in [0.1, 0.15) is 19.3 Å². The van der Waals surface area contributed by atoms with Crippen LogP contribution in [-0.4, -0.2) is 58.3 Å². The SMILES string of the molecule is CS(=O)(=O)c1ccc(OCCC(=O)N2CC[C@@H]3CNC[C@@H]3CC2)cc1. The maximum atomic E-state index is 12.4. The maximum Gasteiger partial charge on any atom is 0.225 e. The van der Waals surface area contributed by atoms with Gasteiger partial charge in [-0.3, -0.25) is 4.79 Å². The lowest BCUT2D eigenvalue weighted by Crippen LogP contribution is -2.33. The van der Waals surface area contributed by atoms with Gasteiger partial charge in [-0.2, -0.15) is 0 Å². The van der Waals surface area contributed by atoms with E-state index >= 15 is 0 Å². The maximum absolute atomic E-state index is 12.4. The molecule has 2 aliphatic rings. The minimum atomic E-state index is -3.20. The third-order valence-electron chi connectivity index (χ3n) is 5.21. The number of amides is 1. The van der Waals surface area contributed by atoms with E-state index in [1.54, 1.807) is 12.1 Å². The zero-order valence-corrected chi connectivity index (χ0v) is 15.4. The summed E-state index contributed by atoms with van der Waals surface area (Å²) in [5, 5.41) is 3.44. The van der Waals surface area contributed by atoms with Crippen LogP contribution >= 0.6 is 0 Å². The van der Waals surface area contributed by atoms with Crippen molar-refractivity contribution >= 4 is 15.7 Å². The van der Waals surface area contributed by atoms with Crippen LogP contribution < -0.4 is 10.1 Å². The van der Waals surface area contributed by atoms with Gasteiger partial charge < -0.3 is 15.0 Å². The minimum Gasteiger partial charge on any atom is -0.493 e. The van der Waals surface area contributed by atoms with Gasteiger partial charge in [0.2, 0.25) is 5.91 Å². The summed E-state index contributed by atoms with van der Waals surface area (Å²) in [7, 11) is -3.20. The first-order valence-electron chi connectivity index (χ1n) is 8.85. The predicted octanol–water partition coefficient (Wildman–Crippen LogP) is 1.32. The number of fused-ring (bicyclic) bond motifs is 1. The number of rotatable bonds is 5. The number of nitrogens with one attached hydrogen (secondary N) is 1. The number of likely N-dealkylation sites (tertiary alicyclic amines) is 1. The third-order valence-corrected chi connectivity index (χ3v) is 6.34. The van der Waals surface area contributed by atoms with Crippen molar-refractivity contribution in [3.8, 4) is 5.75 Å². The molecule has 2 aliphatic heterocycles. The fourth-order valence-corrected chi connectivity index (χ4v) is 4.30. The molecule has 0 aromatic heterocycles. The Morgan fingerprint density at radius 3 is 2.32 bits per heavy atom. The number of hydrogen-bond acceptors (Lipinski definition) is 5. The highest BCUT2D eigenvalue weighted by Crippen LogP contribution is 2.27. The number of benzene rings is 1. The van der Waals surface area contributed by atoms with Gasteiger partial charge in [0.15, 0.2) is 9.84 Å². The Morgan fingerprint density at radius 2 is 1.76 bits per heavy atom. The lowest BCUT2D eigenvalue weighted by molar-refractivity contribution is -0.131. The van der Waals surface area contributed by atoms with Crippen molar-refractivity contribution in [1.29, 1.82) is 0 Å². The number of ether oxygens (including phenoxy) is 1. The zero-order valence-electron chi connectivity index (χ0n) is 14.6. The Hall–Kier alpha value is -1.60. The fraction of sp³-hybridized carbons (Fsp3) is 0.611. The first-order valence-corrected chi connectivity index (χ1v) is 10.7. The molecule has 2 saturated heterocycles. The van der Waals surface area contributed by atoms with Gasteiger partial charge in [0, 0.05) is 19.3 Å². The van der Waals surface area contributed by atoms with Crippen LogP contribution in [0.25, 0.3) is 0 Å². The fourth-order valence-electron chi connectivity index (χ4n) is 3.66. The largest absolute Gasteiger partial charge is 0.493 e. The molecule has 0 spiro atoms. The molecule has 1 aromatic carbocycles. The average molecular weight is 366 g/mol. The van der Waals surface area contributed by atoms with Gasteiger partial charge in [-0.1, -0.05) is 0 Å². The van der Waals surface area contributed by atoms with E-state index in [9.17, 15) is 13.2 Å². The van der Waals surface area contributed by atoms with E-state index in [1.165, 1.54) is 18.4 Å². The van der Waals surface area contributed by atoms with Crippen molar-refractivity contribution in [2.45, 2.75) is 24.2 Å². The molecule has 3 rings (SSSR count). The van der Waals surface area contributed by atoms with E-state index in [1.807, 2.05) is 4.90 Å². The van der Waals surface area contributed by atoms with Crippen LogP contribution in [0.5, 0.6) is 5.75 Å². The molecular weight excluding hydrogens is 340 g/mol. The first kappa shape index (κ1) is 18.2. The second-order valence-corrected chi connectivity index (χ2v) is 8.99. The summed E-state index contributed by atoms with van der Waals surface area (Å²) in [6.45, 7) is 4.15. The summed E-state index contributed by atoms with van der Waals surface area (Å²) in [5.41, 5.74) is 0. The molecule has 6 nitrogen and oxygen atoms in total. The van der Waals surface area contributed by atoms with Crippen LogP contribution in [0.3, 0.4) is 0 Å². The van der Waals surface area contributed by atoms with E-state index in [-0.39, 0.29) is 10.8 Å². The van der Waals surface area contributed by atoms with Gasteiger partial charge in [-0.25, -0.2) is 8.42 Å². The molecule has 2 atom stereocenters. The van der Waals surface area contributed by atoms with Gasteiger partial charge in [-0.15, -0.1) is 0 Å². The Morgan fingerprint density at radius 1 is 1.16 bits per heavy atom. The van der Waals surface area contributed by atoms with Crippen molar-refractivity contribution in [2.24, 2.45) is 11.8 Å². The van der Waals surface area contributed by atoms with Crippen LogP contribution in [0.2, 0.25) is 0 Å². The second-order valence-electron chi connectivity index (χ2n) is 6.98. The molecule has 1 aromatic rings. The Balaban J connectivity index is 1.44. The lowest BCUT2D eigenvalue weighted by atomic mass is 9.92. The van der Waals surface area contributed by atoms with E-state index in [2.05, 4.69) is 5.32 Å². The molecule has 1 amide bonds. The monoisotopic (exact) mass is 366 g/mol. The van der Waals surface area contributed by atoms with E-state index in [0.29, 0.717) is 30.6 Å². The summed E-state index contributed by atoms with van der Waals surface area (Å²) in [6, 6.07) is 6.30. The molecule has 1 N–H and O–H groups in total. The summed E-state index contributed by atoms with van der Waals surface area (Å²) in [6.07, 6.45) is 3.68. The van der Waals surface area contributed by atoms with Gasteiger partial charge in [0.1, 0.15) is 5.75 Å². The molecule has 0 bridgehead atoms. The summed E-state index contributed by atoms with van der Waals surface area (Å²) >= 11 is 0. The molecule has 0 radical (unpaired) electrons. The average Bonchev–Trinajstić information content (AvgIpc) is 2.93. The first-order chi connectivity index (χ1) is 11.9. The molecule has 2 heterocycles. The van der Waals surface area contributed by atoms with Crippen molar-refractivity contribution in [3.05, 3.63) is 24.3 Å². The summed E-state index contributed by atoms with van der Waals surface area (Å²) < 4.78 is 28.4. The number of hydrogen-bond donors (Lipinski definition) is 1. The van der Waals surface area contributed by atoms with Crippen molar-refractivity contribution in [1.82, 2.24) is 10.2 Å². The zero-order chi connectivity index (χ0) is 17.9. The van der Waals surface area contributed by atoms with Gasteiger partial charge in [0.05, 0.1) is 17.9 Å². The molecule has 7 heteroatoms. The van der Waals surface area contributed by atoms with Crippen LogP contribution in [0, 0.1) is 11.8 Å². The molecule has 25 heavy (non-hydrogen) atoms. The van der Waals surface area contributed by atoms with Gasteiger partial charge >= 0.3 is 0 Å². The predicted molar refractivity (Wildman–Crippen MR) is 95.3 cm³/mol. The van der Waals surface area contributed by atoms with Crippen molar-refractivity contribution in [3.63, 3.8) is 0 Å². The lowest BCUT2D eigenvalue weighted by Gasteiger charge is -2.21. The molecular formula is C18H26N2O4S. The number of carbonyl (C=O) groups excluding carboxylic acids is 1. The minimum absolute atomic E-state index is 0.140. The molecule has 0 unspecified atom stereocenters. The highest BCUT2D eigenvalue weighted by Gasteiger charge is 2.31. The standard InChI is InChI=1S/C18H26N2O4S/c1-25(22,23)17-4-2-16(3-5-17)24-11-8-18(21)20-9-6-14-12-19-13-15(14)7-10-20/h2-5,14-15,19H,6-13H2,1H3/t14-,15+. The Bertz CT molecular complexity index is 688. The van der Waals surface area contributed by atoms with Crippen molar-refractivity contribution in [2.75, 3.05) is 39.0 Å². The molecule has 2 fully saturated rings. The molecule has 138 valence electrons. The van der Waals surface area contributed by atoms with Crippen LogP contribution in [-0.2, 0) is 14.6 Å². The van der Waals surface area contributed by atoms with Crippen LogP contribution in [0.4, 0.5) is 0 Å². The van der Waals surface area contributed by atoms with Gasteiger partial charge in [0.25, 0.3) is 0 Å². The Kier molecular flexibility index (Phi) is 5.64. The smallest absolute Gasteiger partial charge is 0.225 e. The highest BCUT2D eigenvalue weighted by molar-refractivity contribution is 7.90. The van der Waals surface area contributed by atoms with Gasteiger partial charge in [-0.05, 0) is 62.0 Å². The van der Waals surface area contributed by atoms with Crippen molar-refractivity contribution < 1.29 is 17.9 Å².